The number of likely N-dealkylation sites (N-methyl/N-ethyl adjacent to an activating group) is 1. The van der Waals surface area contributed by atoms with Crippen molar-refractivity contribution in [1.82, 2.24) is 10.2 Å². The largest absolute Gasteiger partial charge is 0.383 e. The average Bonchev–Trinajstić information content (AvgIpc) is 2.44. The van der Waals surface area contributed by atoms with Gasteiger partial charge in [0.15, 0.2) is 0 Å². The molecule has 0 aliphatic heterocycles. The molecule has 20 heavy (non-hydrogen) atoms. The maximum absolute atomic E-state index is 5.21. The average molecular weight is 343 g/mol. The number of benzene rings is 1. The van der Waals surface area contributed by atoms with Gasteiger partial charge in [-0.1, -0.05) is 35.0 Å². The van der Waals surface area contributed by atoms with E-state index in [1.165, 1.54) is 5.56 Å². The fourth-order valence-electron chi connectivity index (χ4n) is 2.25. The molecule has 0 saturated carbocycles. The molecule has 0 amide bonds. The Bertz CT molecular complexity index is 369. The second-order valence-corrected chi connectivity index (χ2v) is 6.15. The third kappa shape index (κ3) is 5.92. The van der Waals surface area contributed by atoms with Gasteiger partial charge < -0.3 is 15.0 Å². The van der Waals surface area contributed by atoms with Crippen LogP contribution in [0.1, 0.15) is 31.9 Å². The van der Waals surface area contributed by atoms with Gasteiger partial charge in [0.25, 0.3) is 0 Å². The van der Waals surface area contributed by atoms with E-state index in [9.17, 15) is 0 Å². The fourth-order valence-corrected chi connectivity index (χ4v) is 2.51. The van der Waals surface area contributed by atoms with E-state index in [1.807, 2.05) is 0 Å². The lowest BCUT2D eigenvalue weighted by atomic mass is 10.0. The molecule has 0 bridgehead atoms. The molecular weight excluding hydrogens is 316 g/mol. The number of methoxy groups -OCH3 is 1. The number of halogens is 1. The Morgan fingerprint density at radius 3 is 2.50 bits per heavy atom. The zero-order valence-corrected chi connectivity index (χ0v) is 14.6. The Hall–Kier alpha value is -0.420. The molecule has 1 rings (SSSR count). The van der Waals surface area contributed by atoms with Gasteiger partial charge >= 0.3 is 0 Å². The van der Waals surface area contributed by atoms with Crippen molar-refractivity contribution in [3.8, 4) is 0 Å². The minimum absolute atomic E-state index is 0.408. The first-order valence-corrected chi connectivity index (χ1v) is 8.05. The van der Waals surface area contributed by atoms with Crippen LogP contribution in [0.3, 0.4) is 0 Å². The number of hydrogen-bond acceptors (Lipinski definition) is 3. The topological polar surface area (TPSA) is 24.5 Å². The molecule has 0 aliphatic rings. The summed E-state index contributed by atoms with van der Waals surface area (Å²) in [7, 11) is 3.92. The molecule has 2 atom stereocenters. The normalized spacial score (nSPS) is 14.5. The van der Waals surface area contributed by atoms with Gasteiger partial charge in [-0.25, -0.2) is 0 Å². The second-order valence-electron chi connectivity index (χ2n) is 5.24. The van der Waals surface area contributed by atoms with Gasteiger partial charge in [-0.15, -0.1) is 0 Å². The van der Waals surface area contributed by atoms with Crippen LogP contribution in [0.5, 0.6) is 0 Å². The zero-order valence-electron chi connectivity index (χ0n) is 13.0. The monoisotopic (exact) mass is 342 g/mol. The maximum atomic E-state index is 5.21. The highest BCUT2D eigenvalue weighted by Crippen LogP contribution is 2.20. The van der Waals surface area contributed by atoms with Crippen molar-refractivity contribution in [3.05, 3.63) is 34.3 Å². The van der Waals surface area contributed by atoms with E-state index in [1.54, 1.807) is 7.11 Å². The van der Waals surface area contributed by atoms with Gasteiger partial charge in [0.05, 0.1) is 6.61 Å². The van der Waals surface area contributed by atoms with E-state index in [-0.39, 0.29) is 0 Å². The van der Waals surface area contributed by atoms with E-state index >= 15 is 0 Å². The molecule has 0 fully saturated rings. The van der Waals surface area contributed by atoms with Crippen molar-refractivity contribution >= 4 is 15.9 Å². The van der Waals surface area contributed by atoms with Crippen LogP contribution in [0.2, 0.25) is 0 Å². The highest BCUT2D eigenvalue weighted by Gasteiger charge is 2.14. The van der Waals surface area contributed by atoms with Crippen LogP contribution in [0.15, 0.2) is 28.7 Å². The number of ether oxygens (including phenoxy) is 1. The Morgan fingerprint density at radius 1 is 1.30 bits per heavy atom. The summed E-state index contributed by atoms with van der Waals surface area (Å²) in [5.41, 5.74) is 1.35. The quantitative estimate of drug-likeness (QED) is 0.743. The van der Waals surface area contributed by atoms with Crippen molar-refractivity contribution in [3.63, 3.8) is 0 Å². The lowest BCUT2D eigenvalue weighted by Crippen LogP contribution is -2.35. The summed E-state index contributed by atoms with van der Waals surface area (Å²) in [6.45, 7) is 7.17. The summed E-state index contributed by atoms with van der Waals surface area (Å²) in [6.07, 6.45) is 1.10. The molecule has 1 N–H and O–H groups in total. The van der Waals surface area contributed by atoms with Gasteiger partial charge in [0.2, 0.25) is 0 Å². The summed E-state index contributed by atoms with van der Waals surface area (Å²) in [6, 6.07) is 9.46. The Labute approximate surface area is 131 Å². The highest BCUT2D eigenvalue weighted by molar-refractivity contribution is 9.10. The van der Waals surface area contributed by atoms with Crippen LogP contribution < -0.4 is 5.32 Å². The van der Waals surface area contributed by atoms with Crippen LogP contribution in [0.25, 0.3) is 0 Å². The standard InChI is InChI=1S/C16H27BrN2O/c1-5-18-16(14-6-8-15(17)9-7-14)10-11-19(3)13(2)12-20-4/h6-9,13,16,18H,5,10-12H2,1-4H3. The first kappa shape index (κ1) is 17.6. The van der Waals surface area contributed by atoms with Gasteiger partial charge in [0, 0.05) is 30.2 Å². The molecule has 114 valence electrons. The summed E-state index contributed by atoms with van der Waals surface area (Å²) in [4.78, 5) is 2.35. The fraction of sp³-hybridized carbons (Fsp3) is 0.625. The first-order chi connectivity index (χ1) is 9.58. The Morgan fingerprint density at radius 2 is 1.95 bits per heavy atom. The van der Waals surface area contributed by atoms with E-state index in [4.69, 9.17) is 4.74 Å². The molecule has 0 heterocycles. The van der Waals surface area contributed by atoms with Gasteiger partial charge in [-0.2, -0.15) is 0 Å². The minimum Gasteiger partial charge on any atom is -0.383 e. The molecule has 0 radical (unpaired) electrons. The van der Waals surface area contributed by atoms with Crippen molar-refractivity contribution in [1.29, 1.82) is 0 Å². The second kappa shape index (κ2) is 9.50. The third-order valence-electron chi connectivity index (χ3n) is 3.65. The predicted octanol–water partition coefficient (Wildman–Crippen LogP) is 3.46. The van der Waals surface area contributed by atoms with E-state index < -0.39 is 0 Å². The van der Waals surface area contributed by atoms with Gasteiger partial charge in [-0.3, -0.25) is 0 Å². The van der Waals surface area contributed by atoms with Crippen LogP contribution in [-0.2, 0) is 4.74 Å². The number of nitrogens with one attached hydrogen (secondary N) is 1. The number of nitrogens with zero attached hydrogens (tertiary/aromatic N) is 1. The van der Waals surface area contributed by atoms with Crippen LogP contribution in [0, 0.1) is 0 Å². The van der Waals surface area contributed by atoms with Gasteiger partial charge in [0.1, 0.15) is 0 Å². The van der Waals surface area contributed by atoms with Crippen molar-refractivity contribution in [2.75, 3.05) is 33.9 Å². The third-order valence-corrected chi connectivity index (χ3v) is 4.18. The van der Waals surface area contributed by atoms with E-state index in [2.05, 4.69) is 71.3 Å². The van der Waals surface area contributed by atoms with Gasteiger partial charge in [-0.05, 0) is 44.6 Å². The molecule has 0 aliphatic carbocycles. The maximum Gasteiger partial charge on any atom is 0.0615 e. The lowest BCUT2D eigenvalue weighted by Gasteiger charge is -2.27. The Balaban J connectivity index is 2.57. The van der Waals surface area contributed by atoms with Crippen LogP contribution >= 0.6 is 15.9 Å². The molecule has 0 spiro atoms. The summed E-state index contributed by atoms with van der Waals surface area (Å²) >= 11 is 3.49. The molecule has 1 aromatic carbocycles. The molecule has 3 nitrogen and oxygen atoms in total. The smallest absolute Gasteiger partial charge is 0.0615 e. The number of hydrogen-bond donors (Lipinski definition) is 1. The summed E-state index contributed by atoms with van der Waals surface area (Å²) < 4.78 is 6.34. The highest BCUT2D eigenvalue weighted by atomic mass is 79.9. The zero-order chi connectivity index (χ0) is 15.0. The minimum atomic E-state index is 0.408. The molecular formula is C16H27BrN2O. The van der Waals surface area contributed by atoms with E-state index in [0.29, 0.717) is 12.1 Å². The summed E-state index contributed by atoms with van der Waals surface area (Å²) in [5.74, 6) is 0. The SMILES string of the molecule is CCNC(CCN(C)C(C)COC)c1ccc(Br)cc1. The number of rotatable bonds is 9. The summed E-state index contributed by atoms with van der Waals surface area (Å²) in [5, 5.41) is 3.57. The van der Waals surface area contributed by atoms with Crippen LogP contribution in [0.4, 0.5) is 0 Å². The predicted molar refractivity (Wildman–Crippen MR) is 89.1 cm³/mol. The van der Waals surface area contributed by atoms with Crippen molar-refractivity contribution < 1.29 is 4.74 Å². The first-order valence-electron chi connectivity index (χ1n) is 7.26. The Kier molecular flexibility index (Phi) is 8.38. The van der Waals surface area contributed by atoms with E-state index in [0.717, 1.165) is 30.6 Å². The molecule has 1 aromatic rings. The molecule has 0 saturated heterocycles. The molecule has 4 heteroatoms. The lowest BCUT2D eigenvalue weighted by molar-refractivity contribution is 0.113. The molecule has 2 unspecified atom stereocenters. The van der Waals surface area contributed by atoms with Crippen molar-refractivity contribution in [2.24, 2.45) is 0 Å². The van der Waals surface area contributed by atoms with Crippen molar-refractivity contribution in [2.45, 2.75) is 32.4 Å². The van der Waals surface area contributed by atoms with Crippen LogP contribution in [-0.4, -0.2) is 44.8 Å². The molecule has 0 aromatic heterocycles.